The second-order valence-corrected chi connectivity index (χ2v) is 10.9. The molecule has 0 radical (unpaired) electrons. The zero-order valence-electron chi connectivity index (χ0n) is 25.4. The number of amides is 1. The lowest BCUT2D eigenvalue weighted by atomic mass is 9.69. The van der Waals surface area contributed by atoms with Crippen LogP contribution in [0.1, 0.15) is 68.2 Å². The van der Waals surface area contributed by atoms with Gasteiger partial charge in [0.25, 0.3) is 5.91 Å². The van der Waals surface area contributed by atoms with Gasteiger partial charge in [-0.05, 0) is 39.8 Å². The Bertz CT molecular complexity index is 1210. The second-order valence-electron chi connectivity index (χ2n) is 10.9. The summed E-state index contributed by atoms with van der Waals surface area (Å²) in [7, 11) is 0. The van der Waals surface area contributed by atoms with Gasteiger partial charge in [0.05, 0.1) is 12.0 Å². The van der Waals surface area contributed by atoms with E-state index in [1.54, 1.807) is 38.2 Å². The van der Waals surface area contributed by atoms with E-state index >= 15 is 0 Å². The van der Waals surface area contributed by atoms with Crippen LogP contribution < -0.4 is 5.32 Å². The molecule has 1 aliphatic carbocycles. The highest BCUT2D eigenvalue weighted by molar-refractivity contribution is 6.08. The molecule has 2 heterocycles. The van der Waals surface area contributed by atoms with Crippen LogP contribution in [-0.4, -0.2) is 66.0 Å². The highest BCUT2D eigenvalue weighted by Gasteiger charge is 2.56. The molecule has 11 nitrogen and oxygen atoms in total. The Balaban J connectivity index is 2.66. The monoisotopic (exact) mass is 587 g/mol. The minimum Gasteiger partial charge on any atom is -0.461 e. The maximum absolute atomic E-state index is 13.9. The molecule has 3 aliphatic rings. The molecule has 1 amide bonds. The lowest BCUT2D eigenvalue weighted by molar-refractivity contribution is -0.182. The van der Waals surface area contributed by atoms with Crippen molar-refractivity contribution in [2.24, 2.45) is 11.3 Å². The molecule has 1 N–H and O–H groups in total. The number of esters is 4. The molecule has 0 aromatic carbocycles. The Labute approximate surface area is 246 Å². The predicted molar refractivity (Wildman–Crippen MR) is 151 cm³/mol. The van der Waals surface area contributed by atoms with Gasteiger partial charge in [-0.2, -0.15) is 0 Å². The third-order valence-corrected chi connectivity index (χ3v) is 7.15. The highest BCUT2D eigenvalue weighted by Crippen LogP contribution is 2.38. The Morgan fingerprint density at radius 1 is 0.952 bits per heavy atom. The summed E-state index contributed by atoms with van der Waals surface area (Å²) in [6, 6.07) is -1.19. The lowest BCUT2D eigenvalue weighted by Crippen LogP contribution is -2.62. The minimum absolute atomic E-state index is 0.0328. The van der Waals surface area contributed by atoms with Gasteiger partial charge in [0.15, 0.2) is 11.9 Å². The Morgan fingerprint density at radius 3 is 2.12 bits per heavy atom. The molecule has 0 spiro atoms. The van der Waals surface area contributed by atoms with Crippen LogP contribution in [0.4, 0.5) is 0 Å². The van der Waals surface area contributed by atoms with Gasteiger partial charge in [0.1, 0.15) is 23.7 Å². The van der Waals surface area contributed by atoms with Crippen LogP contribution in [0.2, 0.25) is 0 Å². The van der Waals surface area contributed by atoms with Crippen LogP contribution in [-0.2, 0) is 47.7 Å². The van der Waals surface area contributed by atoms with E-state index in [1.807, 2.05) is 13.0 Å². The third kappa shape index (κ3) is 9.25. The second kappa shape index (κ2) is 14.7. The number of nitrogens with one attached hydrogen (secondary N) is 1. The molecule has 0 aromatic heterocycles. The van der Waals surface area contributed by atoms with Crippen molar-refractivity contribution in [1.29, 1.82) is 0 Å². The molecule has 2 aliphatic heterocycles. The van der Waals surface area contributed by atoms with E-state index in [4.69, 9.17) is 18.9 Å². The van der Waals surface area contributed by atoms with Gasteiger partial charge in [-0.15, -0.1) is 0 Å². The molecule has 0 aromatic rings. The number of allylic oxidation sites excluding steroid dienone is 4. The van der Waals surface area contributed by atoms with E-state index in [2.05, 4.69) is 5.32 Å². The summed E-state index contributed by atoms with van der Waals surface area (Å²) in [5, 5.41) is 2.67. The standard InChI is InChI=1S/C31H41NO10/c1-17-9-12-24(40-22(6)34)13-11-18(2)15-27(32-29(37)20(4)39-21(5)33)31(8)28(36)19(3)26(42-30(31)38)16-25(14-10-17)41-23(7)35/h9-11,13-15,19-20,24-27H,12,16H2,1-8H3,(H,32,37)/b13-11-,14-10-,17-9-,18-15-/t19-,20-,24+,25-,26-,27?,31+/m1/s1. The number of Topliss-reactive ketones (excluding diaryl/α,β-unsaturated/α-hetero) is 1. The van der Waals surface area contributed by atoms with Crippen molar-refractivity contribution in [3.8, 4) is 0 Å². The van der Waals surface area contributed by atoms with Gasteiger partial charge in [-0.25, -0.2) is 0 Å². The maximum Gasteiger partial charge on any atom is 0.322 e. The smallest absolute Gasteiger partial charge is 0.322 e. The van der Waals surface area contributed by atoms with Gasteiger partial charge in [0.2, 0.25) is 0 Å². The molecule has 1 unspecified atom stereocenters. The van der Waals surface area contributed by atoms with Crippen molar-refractivity contribution in [3.63, 3.8) is 0 Å². The summed E-state index contributed by atoms with van der Waals surface area (Å²) in [6.45, 7) is 11.6. The number of hydrogen-bond acceptors (Lipinski definition) is 10. The Morgan fingerprint density at radius 2 is 1.52 bits per heavy atom. The van der Waals surface area contributed by atoms with E-state index < -0.39 is 77.4 Å². The Hall–Kier alpha value is -4.02. The molecule has 1 saturated heterocycles. The maximum atomic E-state index is 13.9. The number of ether oxygens (including phenoxy) is 4. The van der Waals surface area contributed by atoms with Gasteiger partial charge in [0, 0.05) is 33.6 Å². The fraction of sp³-hybridized carbons (Fsp3) is 0.548. The largest absolute Gasteiger partial charge is 0.461 e. The van der Waals surface area contributed by atoms with Gasteiger partial charge in [-0.3, -0.25) is 28.8 Å². The van der Waals surface area contributed by atoms with Gasteiger partial charge >= 0.3 is 23.9 Å². The van der Waals surface area contributed by atoms with E-state index in [-0.39, 0.29) is 6.42 Å². The van der Waals surface area contributed by atoms with Gasteiger partial charge < -0.3 is 24.3 Å². The molecule has 7 atom stereocenters. The summed E-state index contributed by atoms with van der Waals surface area (Å²) in [5.74, 6) is -4.57. The number of hydrogen-bond donors (Lipinski definition) is 1. The zero-order valence-corrected chi connectivity index (χ0v) is 25.4. The number of rotatable bonds is 5. The highest BCUT2D eigenvalue weighted by atomic mass is 16.6. The van der Waals surface area contributed by atoms with Crippen molar-refractivity contribution < 1.29 is 47.7 Å². The number of fused-ring (bicyclic) bond motifs is 10. The quantitative estimate of drug-likeness (QED) is 0.288. The van der Waals surface area contributed by atoms with Crippen LogP contribution in [0.25, 0.3) is 0 Å². The van der Waals surface area contributed by atoms with Crippen molar-refractivity contribution >= 4 is 35.6 Å². The average Bonchev–Trinajstić information content (AvgIpc) is 2.88. The molecule has 11 heteroatoms. The van der Waals surface area contributed by atoms with Crippen molar-refractivity contribution in [1.82, 2.24) is 5.32 Å². The van der Waals surface area contributed by atoms with E-state index in [9.17, 15) is 28.8 Å². The summed E-state index contributed by atoms with van der Waals surface area (Å²) < 4.78 is 21.6. The van der Waals surface area contributed by atoms with Crippen LogP contribution in [0.15, 0.2) is 47.6 Å². The summed E-state index contributed by atoms with van der Waals surface area (Å²) in [6.07, 6.45) is 6.93. The molecule has 230 valence electrons. The molecule has 1 fully saturated rings. The SMILES string of the molecule is CC(=O)O[C@@H]1/C=C\C(C)=C/C(NC(=O)[C@@H](C)OC(C)=O)[C@]2(C)C(=O)O[C@H](C[C@H](OC(C)=O)/C=C\C(C)=C/C1)[C@@H](C)C2=O. The van der Waals surface area contributed by atoms with Crippen molar-refractivity contribution in [2.75, 3.05) is 0 Å². The third-order valence-electron chi connectivity index (χ3n) is 7.15. The van der Waals surface area contributed by atoms with E-state index in [0.717, 1.165) is 12.5 Å². The van der Waals surface area contributed by atoms with E-state index in [1.165, 1.54) is 33.8 Å². The Kier molecular flexibility index (Phi) is 12.0. The number of carbonyl (C=O) groups excluding carboxylic acids is 6. The number of ketones is 1. The fourth-order valence-corrected chi connectivity index (χ4v) is 4.76. The molecule has 3 rings (SSSR count). The summed E-state index contributed by atoms with van der Waals surface area (Å²) in [5.41, 5.74) is -0.490. The first kappa shape index (κ1) is 34.2. The first-order valence-electron chi connectivity index (χ1n) is 13.8. The van der Waals surface area contributed by atoms with Crippen molar-refractivity contribution in [2.45, 2.75) is 98.7 Å². The molecular formula is C31H41NO10. The van der Waals surface area contributed by atoms with Crippen LogP contribution in [0, 0.1) is 11.3 Å². The van der Waals surface area contributed by atoms with Crippen molar-refractivity contribution in [3.05, 3.63) is 47.6 Å². The number of carbonyl (C=O) groups is 6. The van der Waals surface area contributed by atoms with Crippen LogP contribution >= 0.6 is 0 Å². The topological polar surface area (TPSA) is 151 Å². The molecular weight excluding hydrogens is 546 g/mol. The zero-order chi connectivity index (χ0) is 31.8. The minimum atomic E-state index is -1.84. The first-order chi connectivity index (χ1) is 19.5. The summed E-state index contributed by atoms with van der Waals surface area (Å²) >= 11 is 0. The molecule has 0 saturated carbocycles. The van der Waals surface area contributed by atoms with E-state index in [0.29, 0.717) is 12.0 Å². The predicted octanol–water partition coefficient (Wildman–Crippen LogP) is 3.22. The lowest BCUT2D eigenvalue weighted by Gasteiger charge is -2.42. The average molecular weight is 588 g/mol. The van der Waals surface area contributed by atoms with Crippen LogP contribution in [0.3, 0.4) is 0 Å². The summed E-state index contributed by atoms with van der Waals surface area (Å²) in [4.78, 5) is 75.5. The fourth-order valence-electron chi connectivity index (χ4n) is 4.76. The normalized spacial score (nSPS) is 33.3. The first-order valence-corrected chi connectivity index (χ1v) is 13.8. The molecule has 42 heavy (non-hydrogen) atoms. The molecule has 2 bridgehead atoms. The van der Waals surface area contributed by atoms with Crippen LogP contribution in [0.5, 0.6) is 0 Å². The van der Waals surface area contributed by atoms with Gasteiger partial charge in [-0.1, -0.05) is 42.4 Å².